The van der Waals surface area contributed by atoms with Crippen LogP contribution in [0.25, 0.3) is 0 Å². The summed E-state index contributed by atoms with van der Waals surface area (Å²) in [5.74, 6) is 0. The lowest BCUT2D eigenvalue weighted by Crippen LogP contribution is -2.38. The Morgan fingerprint density at radius 1 is 1.29 bits per heavy atom. The number of nitrogens with one attached hydrogen (secondary N) is 1. The van der Waals surface area contributed by atoms with Gasteiger partial charge in [-0.05, 0) is 25.5 Å². The lowest BCUT2D eigenvalue weighted by molar-refractivity contribution is 0.214. The van der Waals surface area contributed by atoms with Gasteiger partial charge in [0.1, 0.15) is 0 Å². The largest absolute Gasteiger partial charge is 0.394 e. The Hall–Kier alpha value is -1.02. The molecule has 0 heterocycles. The van der Waals surface area contributed by atoms with Gasteiger partial charge in [-0.3, -0.25) is 0 Å². The second kappa shape index (κ2) is 5.01. The molecular weight excluding hydrogens is 174 g/mol. The number of hydrogen-bond donors (Lipinski definition) is 2. The molecule has 0 aliphatic heterocycles. The van der Waals surface area contributed by atoms with Crippen molar-refractivity contribution in [1.82, 2.24) is 0 Å². The van der Waals surface area contributed by atoms with Gasteiger partial charge < -0.3 is 10.4 Å². The monoisotopic (exact) mass is 193 g/mol. The molecule has 2 nitrogen and oxygen atoms in total. The lowest BCUT2D eigenvalue weighted by Gasteiger charge is -2.29. The van der Waals surface area contributed by atoms with Crippen LogP contribution in [-0.4, -0.2) is 17.3 Å². The molecule has 0 aliphatic carbocycles. The van der Waals surface area contributed by atoms with Gasteiger partial charge in [0.15, 0.2) is 0 Å². The minimum atomic E-state index is -0.198. The van der Waals surface area contributed by atoms with Crippen LogP contribution in [0, 0.1) is 0 Å². The summed E-state index contributed by atoms with van der Waals surface area (Å²) in [5.41, 5.74) is 0.869. The van der Waals surface area contributed by atoms with Crippen LogP contribution >= 0.6 is 0 Å². The van der Waals surface area contributed by atoms with Crippen LogP contribution in [-0.2, 0) is 0 Å². The quantitative estimate of drug-likeness (QED) is 0.753. The van der Waals surface area contributed by atoms with E-state index < -0.39 is 0 Å². The van der Waals surface area contributed by atoms with E-state index in [1.165, 1.54) is 0 Å². The maximum atomic E-state index is 9.32. The van der Waals surface area contributed by atoms with E-state index in [4.69, 9.17) is 0 Å². The number of benzene rings is 1. The Labute approximate surface area is 86.0 Å². The molecule has 0 bridgehead atoms. The smallest absolute Gasteiger partial charge is 0.0658 e. The molecule has 1 aromatic carbocycles. The summed E-state index contributed by atoms with van der Waals surface area (Å²) in [7, 11) is 0. The van der Waals surface area contributed by atoms with Crippen molar-refractivity contribution >= 4 is 5.69 Å². The normalized spacial score (nSPS) is 14.8. The highest BCUT2D eigenvalue weighted by Gasteiger charge is 2.21. The summed E-state index contributed by atoms with van der Waals surface area (Å²) in [4.78, 5) is 0. The summed E-state index contributed by atoms with van der Waals surface area (Å²) >= 11 is 0. The van der Waals surface area contributed by atoms with Gasteiger partial charge in [-0.1, -0.05) is 31.5 Å². The predicted octanol–water partition coefficient (Wildman–Crippen LogP) is 2.65. The standard InChI is InChI=1S/C12H19NO/c1-3-9-12(2,10-14)13-11-7-5-4-6-8-11/h4-8,13-14H,3,9-10H2,1-2H3. The van der Waals surface area contributed by atoms with Crippen molar-refractivity contribution in [3.8, 4) is 0 Å². The zero-order valence-electron chi connectivity index (χ0n) is 8.96. The molecule has 0 aromatic heterocycles. The zero-order valence-corrected chi connectivity index (χ0v) is 8.96. The molecule has 0 radical (unpaired) electrons. The summed E-state index contributed by atoms with van der Waals surface area (Å²) < 4.78 is 0. The van der Waals surface area contributed by atoms with Crippen LogP contribution in [0.5, 0.6) is 0 Å². The maximum Gasteiger partial charge on any atom is 0.0658 e. The van der Waals surface area contributed by atoms with E-state index in [0.717, 1.165) is 18.5 Å². The highest BCUT2D eigenvalue weighted by Crippen LogP contribution is 2.19. The number of aliphatic hydroxyl groups is 1. The number of hydrogen-bond acceptors (Lipinski definition) is 2. The number of aliphatic hydroxyl groups excluding tert-OH is 1. The third kappa shape index (κ3) is 3.04. The average molecular weight is 193 g/mol. The first-order chi connectivity index (χ1) is 6.70. The van der Waals surface area contributed by atoms with Crippen LogP contribution in [0.15, 0.2) is 30.3 Å². The van der Waals surface area contributed by atoms with Crippen LogP contribution in [0.4, 0.5) is 5.69 Å². The van der Waals surface area contributed by atoms with Crippen molar-refractivity contribution < 1.29 is 5.11 Å². The van der Waals surface area contributed by atoms with E-state index in [1.807, 2.05) is 37.3 Å². The number of rotatable bonds is 5. The lowest BCUT2D eigenvalue weighted by atomic mass is 9.97. The fourth-order valence-electron chi connectivity index (χ4n) is 1.60. The first-order valence-corrected chi connectivity index (χ1v) is 5.14. The topological polar surface area (TPSA) is 32.3 Å². The summed E-state index contributed by atoms with van der Waals surface area (Å²) in [6.45, 7) is 4.33. The second-order valence-corrected chi connectivity index (χ2v) is 3.96. The van der Waals surface area contributed by atoms with E-state index in [-0.39, 0.29) is 12.1 Å². The third-order valence-electron chi connectivity index (χ3n) is 2.37. The average Bonchev–Trinajstić information content (AvgIpc) is 2.20. The predicted molar refractivity (Wildman–Crippen MR) is 60.5 cm³/mol. The maximum absolute atomic E-state index is 9.32. The third-order valence-corrected chi connectivity index (χ3v) is 2.37. The fourth-order valence-corrected chi connectivity index (χ4v) is 1.60. The molecule has 78 valence electrons. The minimum absolute atomic E-state index is 0.162. The van der Waals surface area contributed by atoms with Crippen LogP contribution in [0.3, 0.4) is 0 Å². The van der Waals surface area contributed by atoms with Crippen LogP contribution < -0.4 is 5.32 Å². The minimum Gasteiger partial charge on any atom is -0.394 e. The van der Waals surface area contributed by atoms with Crippen LogP contribution in [0.2, 0.25) is 0 Å². The molecule has 0 saturated carbocycles. The van der Waals surface area contributed by atoms with Gasteiger partial charge >= 0.3 is 0 Å². The fraction of sp³-hybridized carbons (Fsp3) is 0.500. The van der Waals surface area contributed by atoms with E-state index in [2.05, 4.69) is 12.2 Å². The van der Waals surface area contributed by atoms with Crippen molar-refractivity contribution in [1.29, 1.82) is 0 Å². The van der Waals surface area contributed by atoms with Gasteiger partial charge in [-0.2, -0.15) is 0 Å². The Morgan fingerprint density at radius 3 is 2.43 bits per heavy atom. The Morgan fingerprint density at radius 2 is 1.93 bits per heavy atom. The molecule has 14 heavy (non-hydrogen) atoms. The molecule has 0 aliphatic rings. The van der Waals surface area contributed by atoms with Gasteiger partial charge in [-0.15, -0.1) is 0 Å². The first-order valence-electron chi connectivity index (χ1n) is 5.14. The molecule has 2 heteroatoms. The molecule has 0 amide bonds. The van der Waals surface area contributed by atoms with Crippen LogP contribution in [0.1, 0.15) is 26.7 Å². The zero-order chi connectivity index (χ0) is 10.4. The summed E-state index contributed by atoms with van der Waals surface area (Å²) in [5, 5.41) is 12.7. The van der Waals surface area contributed by atoms with Crippen molar-refractivity contribution in [3.05, 3.63) is 30.3 Å². The molecule has 1 unspecified atom stereocenters. The van der Waals surface area contributed by atoms with E-state index in [0.29, 0.717) is 0 Å². The second-order valence-electron chi connectivity index (χ2n) is 3.96. The van der Waals surface area contributed by atoms with Gasteiger partial charge in [-0.25, -0.2) is 0 Å². The number of para-hydroxylation sites is 1. The highest BCUT2D eigenvalue weighted by molar-refractivity contribution is 5.44. The van der Waals surface area contributed by atoms with Crippen molar-refractivity contribution in [2.75, 3.05) is 11.9 Å². The van der Waals surface area contributed by atoms with Crippen molar-refractivity contribution in [3.63, 3.8) is 0 Å². The van der Waals surface area contributed by atoms with Crippen molar-refractivity contribution in [2.24, 2.45) is 0 Å². The highest BCUT2D eigenvalue weighted by atomic mass is 16.3. The van der Waals surface area contributed by atoms with Gasteiger partial charge in [0.05, 0.1) is 12.1 Å². The molecule has 1 atom stereocenters. The van der Waals surface area contributed by atoms with E-state index in [1.54, 1.807) is 0 Å². The van der Waals surface area contributed by atoms with Crippen molar-refractivity contribution in [2.45, 2.75) is 32.2 Å². The molecule has 0 saturated heterocycles. The molecular formula is C12H19NO. The Kier molecular flexibility index (Phi) is 3.96. The van der Waals surface area contributed by atoms with Gasteiger partial charge in [0, 0.05) is 5.69 Å². The Balaban J connectivity index is 2.65. The van der Waals surface area contributed by atoms with E-state index in [9.17, 15) is 5.11 Å². The first kappa shape index (κ1) is 11.1. The SMILES string of the molecule is CCCC(C)(CO)Nc1ccccc1. The molecule has 0 spiro atoms. The van der Waals surface area contributed by atoms with E-state index >= 15 is 0 Å². The Bertz CT molecular complexity index is 260. The summed E-state index contributed by atoms with van der Waals surface area (Å²) in [6, 6.07) is 10.0. The molecule has 0 fully saturated rings. The van der Waals surface area contributed by atoms with Gasteiger partial charge in [0.2, 0.25) is 0 Å². The number of anilines is 1. The molecule has 2 N–H and O–H groups in total. The van der Waals surface area contributed by atoms with Gasteiger partial charge in [0.25, 0.3) is 0 Å². The summed E-state index contributed by atoms with van der Waals surface area (Å²) in [6.07, 6.45) is 2.04. The molecule has 1 aromatic rings. The molecule has 1 rings (SSSR count).